The van der Waals surface area contributed by atoms with Gasteiger partial charge in [-0.05, 0) is 25.1 Å². The molecule has 1 unspecified atom stereocenters. The highest BCUT2D eigenvalue weighted by atomic mass is 32.2. The molecule has 0 bridgehead atoms. The number of carbonyl (C=O) groups excluding carboxylic acids is 1. The molecule has 1 aromatic carbocycles. The highest BCUT2D eigenvalue weighted by molar-refractivity contribution is 7.89. The molecule has 1 atom stereocenters. The van der Waals surface area contributed by atoms with Gasteiger partial charge in [0.15, 0.2) is 0 Å². The molecule has 0 saturated heterocycles. The Kier molecular flexibility index (Phi) is 4.25. The number of rotatable bonds is 4. The second kappa shape index (κ2) is 5.32. The number of likely N-dealkylation sites (N-methyl/N-ethyl adjacent to an activating group) is 1. The summed E-state index contributed by atoms with van der Waals surface area (Å²) in [5.41, 5.74) is 5.01. The van der Waals surface area contributed by atoms with Crippen molar-refractivity contribution in [2.45, 2.75) is 17.9 Å². The lowest BCUT2D eigenvalue weighted by molar-refractivity contribution is -0.121. The van der Waals surface area contributed by atoms with E-state index in [-0.39, 0.29) is 10.6 Å². The zero-order valence-electron chi connectivity index (χ0n) is 9.90. The Hall–Kier alpha value is -1.67. The second-order valence-electron chi connectivity index (χ2n) is 3.64. The molecule has 8 heteroatoms. The van der Waals surface area contributed by atoms with Gasteiger partial charge in [-0.15, -0.1) is 0 Å². The fraction of sp³-hybridized carbons (Fsp3) is 0.300. The number of halogens is 1. The lowest BCUT2D eigenvalue weighted by Gasteiger charge is -2.13. The Bertz CT molecular complexity index is 559. The van der Waals surface area contributed by atoms with Gasteiger partial charge in [-0.3, -0.25) is 4.79 Å². The molecule has 0 aliphatic rings. The summed E-state index contributed by atoms with van der Waals surface area (Å²) < 4.78 is 38.8. The number of sulfonamides is 1. The van der Waals surface area contributed by atoms with Crippen molar-refractivity contribution in [3.63, 3.8) is 0 Å². The van der Waals surface area contributed by atoms with Crippen LogP contribution in [-0.2, 0) is 14.8 Å². The standard InChI is InChI=1S/C10H14FN3O3S/c1-6(10(15)13-2)14-18(16,17)7-3-4-8(11)9(12)5-7/h3-6,14H,12H2,1-2H3,(H,13,15). The van der Waals surface area contributed by atoms with Crippen molar-refractivity contribution in [1.29, 1.82) is 0 Å². The van der Waals surface area contributed by atoms with Crippen LogP contribution in [0, 0.1) is 5.82 Å². The Morgan fingerprint density at radius 2 is 2.06 bits per heavy atom. The van der Waals surface area contributed by atoms with Crippen molar-refractivity contribution < 1.29 is 17.6 Å². The molecule has 1 amide bonds. The molecule has 0 heterocycles. The summed E-state index contributed by atoms with van der Waals surface area (Å²) in [7, 11) is -2.52. The number of carbonyl (C=O) groups is 1. The molecule has 0 aliphatic carbocycles. The Morgan fingerprint density at radius 3 is 2.56 bits per heavy atom. The first-order valence-electron chi connectivity index (χ1n) is 5.07. The molecule has 0 spiro atoms. The van der Waals surface area contributed by atoms with Crippen LogP contribution in [0.5, 0.6) is 0 Å². The van der Waals surface area contributed by atoms with E-state index in [0.717, 1.165) is 18.2 Å². The van der Waals surface area contributed by atoms with Crippen LogP contribution in [0.25, 0.3) is 0 Å². The lowest BCUT2D eigenvalue weighted by Crippen LogP contribution is -2.43. The highest BCUT2D eigenvalue weighted by Crippen LogP contribution is 2.16. The Morgan fingerprint density at radius 1 is 1.44 bits per heavy atom. The third kappa shape index (κ3) is 3.17. The topological polar surface area (TPSA) is 101 Å². The van der Waals surface area contributed by atoms with Crippen LogP contribution in [0.3, 0.4) is 0 Å². The van der Waals surface area contributed by atoms with E-state index >= 15 is 0 Å². The molecule has 0 saturated carbocycles. The van der Waals surface area contributed by atoms with E-state index in [1.807, 2.05) is 0 Å². The van der Waals surface area contributed by atoms with E-state index < -0.39 is 27.8 Å². The van der Waals surface area contributed by atoms with Crippen LogP contribution in [0.1, 0.15) is 6.92 Å². The number of nitrogens with two attached hydrogens (primary N) is 1. The van der Waals surface area contributed by atoms with Gasteiger partial charge in [0.2, 0.25) is 15.9 Å². The molecule has 4 N–H and O–H groups in total. The van der Waals surface area contributed by atoms with Crippen LogP contribution in [0.4, 0.5) is 10.1 Å². The minimum Gasteiger partial charge on any atom is -0.396 e. The van der Waals surface area contributed by atoms with Crippen molar-refractivity contribution in [2.75, 3.05) is 12.8 Å². The lowest BCUT2D eigenvalue weighted by atomic mass is 10.3. The summed E-state index contributed by atoms with van der Waals surface area (Å²) >= 11 is 0. The molecule has 0 aromatic heterocycles. The smallest absolute Gasteiger partial charge is 0.241 e. The molecule has 100 valence electrons. The van der Waals surface area contributed by atoms with Crippen LogP contribution in [-0.4, -0.2) is 27.4 Å². The fourth-order valence-electron chi connectivity index (χ4n) is 1.26. The predicted octanol–water partition coefficient (Wildman–Crippen LogP) is -0.179. The van der Waals surface area contributed by atoms with Crippen molar-refractivity contribution in [3.05, 3.63) is 24.0 Å². The van der Waals surface area contributed by atoms with Crippen molar-refractivity contribution in [3.8, 4) is 0 Å². The van der Waals surface area contributed by atoms with Gasteiger partial charge in [0, 0.05) is 7.05 Å². The van der Waals surface area contributed by atoms with Gasteiger partial charge in [-0.25, -0.2) is 12.8 Å². The van der Waals surface area contributed by atoms with Crippen molar-refractivity contribution in [1.82, 2.24) is 10.0 Å². The molecular weight excluding hydrogens is 261 g/mol. The fourth-order valence-corrected chi connectivity index (χ4v) is 2.50. The van der Waals surface area contributed by atoms with E-state index in [4.69, 9.17) is 5.73 Å². The van der Waals surface area contributed by atoms with Gasteiger partial charge in [-0.1, -0.05) is 0 Å². The number of benzene rings is 1. The average Bonchev–Trinajstić information content (AvgIpc) is 2.30. The maximum Gasteiger partial charge on any atom is 0.241 e. The number of anilines is 1. The number of nitrogen functional groups attached to an aromatic ring is 1. The summed E-state index contributed by atoms with van der Waals surface area (Å²) in [5.74, 6) is -1.18. The van der Waals surface area contributed by atoms with E-state index in [1.54, 1.807) is 0 Å². The number of hydrogen-bond donors (Lipinski definition) is 3. The molecule has 6 nitrogen and oxygen atoms in total. The number of nitrogens with one attached hydrogen (secondary N) is 2. The molecule has 0 radical (unpaired) electrons. The maximum absolute atomic E-state index is 12.9. The van der Waals surface area contributed by atoms with Crippen LogP contribution in [0.15, 0.2) is 23.1 Å². The van der Waals surface area contributed by atoms with E-state index in [9.17, 15) is 17.6 Å². The molecule has 1 aromatic rings. The minimum absolute atomic E-state index is 0.197. The van der Waals surface area contributed by atoms with Crippen molar-refractivity contribution in [2.24, 2.45) is 0 Å². The quantitative estimate of drug-likeness (QED) is 0.663. The van der Waals surface area contributed by atoms with E-state index in [2.05, 4.69) is 10.0 Å². The number of amides is 1. The zero-order valence-corrected chi connectivity index (χ0v) is 10.7. The second-order valence-corrected chi connectivity index (χ2v) is 5.35. The average molecular weight is 275 g/mol. The van der Waals surface area contributed by atoms with Gasteiger partial charge in [0.25, 0.3) is 0 Å². The van der Waals surface area contributed by atoms with Gasteiger partial charge in [0.05, 0.1) is 16.6 Å². The van der Waals surface area contributed by atoms with E-state index in [1.165, 1.54) is 14.0 Å². The van der Waals surface area contributed by atoms with Gasteiger partial charge in [-0.2, -0.15) is 4.72 Å². The van der Waals surface area contributed by atoms with Crippen LogP contribution < -0.4 is 15.8 Å². The summed E-state index contributed by atoms with van der Waals surface area (Å²) in [5, 5.41) is 2.31. The summed E-state index contributed by atoms with van der Waals surface area (Å²) in [6.07, 6.45) is 0. The van der Waals surface area contributed by atoms with Gasteiger partial charge < -0.3 is 11.1 Å². The summed E-state index contributed by atoms with van der Waals surface area (Å²) in [4.78, 5) is 11.0. The van der Waals surface area contributed by atoms with Crippen LogP contribution in [0.2, 0.25) is 0 Å². The highest BCUT2D eigenvalue weighted by Gasteiger charge is 2.21. The van der Waals surface area contributed by atoms with E-state index in [0.29, 0.717) is 0 Å². The maximum atomic E-state index is 12.9. The zero-order chi connectivity index (χ0) is 13.9. The molecule has 18 heavy (non-hydrogen) atoms. The summed E-state index contributed by atoms with van der Waals surface area (Å²) in [6, 6.07) is 2.08. The molecule has 1 rings (SSSR count). The normalized spacial score (nSPS) is 13.1. The largest absolute Gasteiger partial charge is 0.396 e. The first kappa shape index (κ1) is 14.4. The molecule has 0 aliphatic heterocycles. The SMILES string of the molecule is CNC(=O)C(C)NS(=O)(=O)c1ccc(F)c(N)c1. The number of hydrogen-bond acceptors (Lipinski definition) is 4. The van der Waals surface area contributed by atoms with Crippen LogP contribution >= 0.6 is 0 Å². The van der Waals surface area contributed by atoms with Gasteiger partial charge in [0.1, 0.15) is 5.82 Å². The first-order valence-corrected chi connectivity index (χ1v) is 6.55. The monoisotopic (exact) mass is 275 g/mol. The molecule has 0 fully saturated rings. The van der Waals surface area contributed by atoms with Gasteiger partial charge >= 0.3 is 0 Å². The third-order valence-electron chi connectivity index (χ3n) is 2.25. The predicted molar refractivity (Wildman–Crippen MR) is 64.7 cm³/mol. The first-order chi connectivity index (χ1) is 8.27. The van der Waals surface area contributed by atoms with Crippen molar-refractivity contribution >= 4 is 21.6 Å². The Balaban J connectivity index is 3.00. The Labute approximate surface area is 104 Å². The summed E-state index contributed by atoms with van der Waals surface area (Å²) in [6.45, 7) is 1.39. The third-order valence-corrected chi connectivity index (χ3v) is 3.79. The minimum atomic E-state index is -3.91. The molecular formula is C10H14FN3O3S.